The van der Waals surface area contributed by atoms with E-state index in [0.29, 0.717) is 5.02 Å². The highest BCUT2D eigenvalue weighted by molar-refractivity contribution is 6.31. The maximum absolute atomic E-state index is 11.5. The largest absolute Gasteiger partial charge is 0.507 e. The summed E-state index contributed by atoms with van der Waals surface area (Å²) in [5.74, 6) is -0.573. The van der Waals surface area contributed by atoms with Crippen molar-refractivity contribution in [3.05, 3.63) is 28.8 Å². The van der Waals surface area contributed by atoms with Crippen LogP contribution in [0.1, 0.15) is 10.4 Å². The Labute approximate surface area is 86.6 Å². The summed E-state index contributed by atoms with van der Waals surface area (Å²) in [6.07, 6.45) is 0. The van der Waals surface area contributed by atoms with Crippen molar-refractivity contribution in [1.29, 1.82) is 0 Å². The number of nitrogens with zero attached hydrogens (tertiary/aromatic N) is 1. The van der Waals surface area contributed by atoms with Gasteiger partial charge in [-0.1, -0.05) is 11.6 Å². The van der Waals surface area contributed by atoms with E-state index >= 15 is 0 Å². The first-order valence-corrected chi connectivity index (χ1v) is 4.24. The van der Waals surface area contributed by atoms with Gasteiger partial charge in [-0.3, -0.25) is 9.63 Å². The lowest BCUT2D eigenvalue weighted by Gasteiger charge is -2.14. The first-order chi connectivity index (χ1) is 6.56. The van der Waals surface area contributed by atoms with E-state index in [1.165, 1.54) is 32.4 Å². The van der Waals surface area contributed by atoms with Gasteiger partial charge >= 0.3 is 0 Å². The normalized spacial score (nSPS) is 9.93. The van der Waals surface area contributed by atoms with Crippen molar-refractivity contribution in [3.8, 4) is 5.75 Å². The minimum Gasteiger partial charge on any atom is -0.507 e. The van der Waals surface area contributed by atoms with Crippen LogP contribution in [-0.2, 0) is 4.84 Å². The van der Waals surface area contributed by atoms with Crippen LogP contribution in [0.4, 0.5) is 0 Å². The van der Waals surface area contributed by atoms with E-state index in [2.05, 4.69) is 0 Å². The molecule has 1 aromatic rings. The molecule has 0 spiro atoms. The Hall–Kier alpha value is -1.26. The minimum absolute atomic E-state index is 0.113. The number of hydrogen-bond donors (Lipinski definition) is 1. The molecular weight excluding hydrogens is 206 g/mol. The van der Waals surface area contributed by atoms with Gasteiger partial charge in [0.15, 0.2) is 0 Å². The number of hydroxylamine groups is 2. The van der Waals surface area contributed by atoms with Gasteiger partial charge in [0, 0.05) is 12.1 Å². The number of hydrogen-bond acceptors (Lipinski definition) is 3. The van der Waals surface area contributed by atoms with Crippen molar-refractivity contribution >= 4 is 17.5 Å². The molecule has 0 bridgehead atoms. The van der Waals surface area contributed by atoms with Crippen molar-refractivity contribution in [3.63, 3.8) is 0 Å². The zero-order valence-corrected chi connectivity index (χ0v) is 8.58. The predicted molar refractivity (Wildman–Crippen MR) is 52.2 cm³/mol. The van der Waals surface area contributed by atoms with Crippen molar-refractivity contribution in [2.45, 2.75) is 0 Å². The average Bonchev–Trinajstić information content (AvgIpc) is 2.19. The summed E-state index contributed by atoms with van der Waals surface area (Å²) in [5.41, 5.74) is 0.113. The van der Waals surface area contributed by atoms with Crippen molar-refractivity contribution < 1.29 is 14.7 Å². The molecule has 1 N–H and O–H groups in total. The Morgan fingerprint density at radius 2 is 2.21 bits per heavy atom. The highest BCUT2D eigenvalue weighted by Crippen LogP contribution is 2.22. The first kappa shape index (κ1) is 10.8. The van der Waals surface area contributed by atoms with Gasteiger partial charge in [0.2, 0.25) is 0 Å². The minimum atomic E-state index is -0.451. The van der Waals surface area contributed by atoms with Crippen LogP contribution in [0.25, 0.3) is 0 Å². The quantitative estimate of drug-likeness (QED) is 0.764. The SMILES string of the molecule is CON(C)C(=O)c1cc(Cl)ccc1O. The number of phenolic OH excluding ortho intramolecular Hbond substituents is 1. The standard InChI is InChI=1S/C9H10ClNO3/c1-11(14-2)9(13)7-5-6(10)3-4-8(7)12/h3-5,12H,1-2H3. The van der Waals surface area contributed by atoms with Gasteiger partial charge in [0.05, 0.1) is 12.7 Å². The summed E-state index contributed by atoms with van der Waals surface area (Å²) in [4.78, 5) is 16.2. The monoisotopic (exact) mass is 215 g/mol. The first-order valence-electron chi connectivity index (χ1n) is 3.87. The maximum Gasteiger partial charge on any atom is 0.280 e. The van der Waals surface area contributed by atoms with Crippen LogP contribution in [0.15, 0.2) is 18.2 Å². The van der Waals surface area contributed by atoms with Gasteiger partial charge in [-0.25, -0.2) is 5.06 Å². The molecule has 0 fully saturated rings. The Bertz CT molecular complexity index is 354. The van der Waals surface area contributed by atoms with E-state index < -0.39 is 5.91 Å². The fraction of sp³-hybridized carbons (Fsp3) is 0.222. The van der Waals surface area contributed by atoms with Gasteiger partial charge in [-0.05, 0) is 18.2 Å². The van der Waals surface area contributed by atoms with E-state index in [1.807, 2.05) is 0 Å². The van der Waals surface area contributed by atoms with Gasteiger partial charge in [-0.15, -0.1) is 0 Å². The fourth-order valence-electron chi connectivity index (χ4n) is 0.932. The smallest absolute Gasteiger partial charge is 0.280 e. The summed E-state index contributed by atoms with van der Waals surface area (Å²) < 4.78 is 0. The molecule has 14 heavy (non-hydrogen) atoms. The van der Waals surface area contributed by atoms with Gasteiger partial charge in [-0.2, -0.15) is 0 Å². The van der Waals surface area contributed by atoms with E-state index in [0.717, 1.165) is 5.06 Å². The van der Waals surface area contributed by atoms with Crippen molar-refractivity contribution in [1.82, 2.24) is 5.06 Å². The molecular formula is C9H10ClNO3. The topological polar surface area (TPSA) is 49.8 Å². The van der Waals surface area contributed by atoms with Gasteiger partial charge in [0.25, 0.3) is 5.91 Å². The molecule has 76 valence electrons. The number of carbonyl (C=O) groups excluding carboxylic acids is 1. The van der Waals surface area contributed by atoms with E-state index in [9.17, 15) is 9.90 Å². The second-order valence-corrected chi connectivity index (χ2v) is 3.08. The Morgan fingerprint density at radius 1 is 1.57 bits per heavy atom. The molecule has 1 rings (SSSR count). The van der Waals surface area contributed by atoms with Crippen molar-refractivity contribution in [2.24, 2.45) is 0 Å². The molecule has 1 amide bonds. The second-order valence-electron chi connectivity index (χ2n) is 2.65. The number of aromatic hydroxyl groups is 1. The molecule has 0 saturated carbocycles. The Morgan fingerprint density at radius 3 is 2.79 bits per heavy atom. The molecule has 0 saturated heterocycles. The van der Waals surface area contributed by atoms with E-state index in [4.69, 9.17) is 16.4 Å². The number of phenols is 1. The summed E-state index contributed by atoms with van der Waals surface area (Å²) >= 11 is 5.69. The van der Waals surface area contributed by atoms with Crippen molar-refractivity contribution in [2.75, 3.05) is 14.2 Å². The summed E-state index contributed by atoms with van der Waals surface area (Å²) in [6.45, 7) is 0. The van der Waals surface area contributed by atoms with Crippen LogP contribution in [0.5, 0.6) is 5.75 Å². The zero-order chi connectivity index (χ0) is 10.7. The van der Waals surface area contributed by atoms with Gasteiger partial charge < -0.3 is 5.11 Å². The number of benzene rings is 1. The molecule has 0 radical (unpaired) electrons. The molecule has 0 aliphatic carbocycles. The molecule has 4 nitrogen and oxygen atoms in total. The molecule has 0 atom stereocenters. The third kappa shape index (κ3) is 2.16. The predicted octanol–water partition coefficient (Wildman–Crippen LogP) is 1.68. The number of amides is 1. The molecule has 0 aliphatic heterocycles. The summed E-state index contributed by atoms with van der Waals surface area (Å²) in [7, 11) is 2.81. The molecule has 1 aromatic carbocycles. The Balaban J connectivity index is 3.06. The van der Waals surface area contributed by atoms with E-state index in [-0.39, 0.29) is 11.3 Å². The van der Waals surface area contributed by atoms with Crippen LogP contribution >= 0.6 is 11.6 Å². The molecule has 0 heterocycles. The number of rotatable bonds is 2. The van der Waals surface area contributed by atoms with Crippen LogP contribution < -0.4 is 0 Å². The summed E-state index contributed by atoms with van der Waals surface area (Å²) in [5, 5.41) is 10.8. The maximum atomic E-state index is 11.5. The number of carbonyl (C=O) groups is 1. The molecule has 0 unspecified atom stereocenters. The third-order valence-corrected chi connectivity index (χ3v) is 1.98. The third-order valence-electron chi connectivity index (χ3n) is 1.75. The lowest BCUT2D eigenvalue weighted by molar-refractivity contribution is -0.0758. The highest BCUT2D eigenvalue weighted by atomic mass is 35.5. The highest BCUT2D eigenvalue weighted by Gasteiger charge is 2.15. The Kier molecular flexibility index (Phi) is 3.33. The summed E-state index contributed by atoms with van der Waals surface area (Å²) in [6, 6.07) is 4.24. The van der Waals surface area contributed by atoms with Crippen LogP contribution in [0.2, 0.25) is 5.02 Å². The average molecular weight is 216 g/mol. The zero-order valence-electron chi connectivity index (χ0n) is 7.82. The molecule has 5 heteroatoms. The van der Waals surface area contributed by atoms with Crippen LogP contribution in [0, 0.1) is 0 Å². The van der Waals surface area contributed by atoms with Crippen LogP contribution in [0.3, 0.4) is 0 Å². The number of halogens is 1. The van der Waals surface area contributed by atoms with Crippen LogP contribution in [-0.4, -0.2) is 30.2 Å². The fourth-order valence-corrected chi connectivity index (χ4v) is 1.10. The lowest BCUT2D eigenvalue weighted by atomic mass is 10.2. The second kappa shape index (κ2) is 4.30. The van der Waals surface area contributed by atoms with E-state index in [1.54, 1.807) is 0 Å². The van der Waals surface area contributed by atoms with Gasteiger partial charge in [0.1, 0.15) is 5.75 Å². The molecule has 0 aliphatic rings. The molecule has 0 aromatic heterocycles. The lowest BCUT2D eigenvalue weighted by Crippen LogP contribution is -2.25.